The summed E-state index contributed by atoms with van der Waals surface area (Å²) in [5.74, 6) is -0.867. The maximum Gasteiger partial charge on any atom is 0.308 e. The third-order valence-corrected chi connectivity index (χ3v) is 5.95. The SMILES string of the molecule is CON(C)S(=O)(=O)c1ccc(C(=O)NC(CC(=O)OC(C)C)c2ccccc2)cc1. The molecule has 0 aromatic heterocycles. The predicted octanol–water partition coefficient (Wildman–Crippen LogP) is 2.68. The number of amides is 1. The van der Waals surface area contributed by atoms with E-state index < -0.39 is 27.9 Å². The zero-order valence-electron chi connectivity index (χ0n) is 17.4. The van der Waals surface area contributed by atoms with Gasteiger partial charge in [-0.3, -0.25) is 14.4 Å². The number of esters is 1. The molecule has 0 fully saturated rings. The van der Waals surface area contributed by atoms with Crippen molar-refractivity contribution >= 4 is 21.9 Å². The van der Waals surface area contributed by atoms with Gasteiger partial charge in [0, 0.05) is 12.6 Å². The van der Waals surface area contributed by atoms with Crippen molar-refractivity contribution in [2.45, 2.75) is 37.3 Å². The molecule has 0 spiro atoms. The fourth-order valence-electron chi connectivity index (χ4n) is 2.68. The highest BCUT2D eigenvalue weighted by molar-refractivity contribution is 7.89. The third kappa shape index (κ3) is 6.12. The van der Waals surface area contributed by atoms with Crippen molar-refractivity contribution in [2.24, 2.45) is 0 Å². The van der Waals surface area contributed by atoms with E-state index in [1.54, 1.807) is 13.8 Å². The molecular weight excluding hydrogens is 408 g/mol. The summed E-state index contributed by atoms with van der Waals surface area (Å²) >= 11 is 0. The van der Waals surface area contributed by atoms with Crippen molar-refractivity contribution in [3.05, 3.63) is 65.7 Å². The number of sulfonamides is 1. The highest BCUT2D eigenvalue weighted by Crippen LogP contribution is 2.20. The molecule has 1 amide bonds. The van der Waals surface area contributed by atoms with Crippen LogP contribution in [0, 0.1) is 0 Å². The molecule has 1 N–H and O–H groups in total. The lowest BCUT2D eigenvalue weighted by atomic mass is 10.0. The van der Waals surface area contributed by atoms with Gasteiger partial charge >= 0.3 is 5.97 Å². The molecule has 0 aliphatic rings. The third-order valence-electron chi connectivity index (χ3n) is 4.26. The number of nitrogens with zero attached hydrogens (tertiary/aromatic N) is 1. The fourth-order valence-corrected chi connectivity index (χ4v) is 3.65. The molecule has 9 heteroatoms. The monoisotopic (exact) mass is 434 g/mol. The van der Waals surface area contributed by atoms with Gasteiger partial charge in [-0.05, 0) is 43.7 Å². The van der Waals surface area contributed by atoms with Gasteiger partial charge in [0.25, 0.3) is 15.9 Å². The molecule has 2 aromatic rings. The summed E-state index contributed by atoms with van der Waals surface area (Å²) in [7, 11) is -1.29. The Morgan fingerprint density at radius 2 is 1.63 bits per heavy atom. The number of rotatable bonds is 9. The van der Waals surface area contributed by atoms with Crippen LogP contribution in [0.25, 0.3) is 0 Å². The Labute approximate surface area is 176 Å². The van der Waals surface area contributed by atoms with Gasteiger partial charge in [0.15, 0.2) is 0 Å². The number of hydrogen-bond acceptors (Lipinski definition) is 6. The van der Waals surface area contributed by atoms with E-state index >= 15 is 0 Å². The fraction of sp³-hybridized carbons (Fsp3) is 0.333. The zero-order chi connectivity index (χ0) is 22.3. The highest BCUT2D eigenvalue weighted by atomic mass is 32.2. The van der Waals surface area contributed by atoms with Gasteiger partial charge < -0.3 is 10.1 Å². The Hall–Kier alpha value is -2.75. The van der Waals surface area contributed by atoms with Crippen LogP contribution in [0.3, 0.4) is 0 Å². The molecule has 0 radical (unpaired) electrons. The Morgan fingerprint density at radius 1 is 1.03 bits per heavy atom. The number of carbonyl (C=O) groups is 2. The number of carbonyl (C=O) groups excluding carboxylic acids is 2. The molecule has 30 heavy (non-hydrogen) atoms. The second-order valence-electron chi connectivity index (χ2n) is 6.80. The van der Waals surface area contributed by atoms with Gasteiger partial charge in [-0.15, -0.1) is 0 Å². The smallest absolute Gasteiger partial charge is 0.308 e. The Kier molecular flexibility index (Phi) is 8.10. The standard InChI is InChI=1S/C21H26N2O6S/c1-15(2)29-20(24)14-19(16-8-6-5-7-9-16)22-21(25)17-10-12-18(13-11-17)30(26,27)23(3)28-4/h5-13,15,19H,14H2,1-4H3,(H,22,25). The summed E-state index contributed by atoms with van der Waals surface area (Å²) in [6.45, 7) is 3.51. The maximum atomic E-state index is 12.7. The van der Waals surface area contributed by atoms with E-state index in [1.165, 1.54) is 38.4 Å². The first-order valence-corrected chi connectivity index (χ1v) is 10.8. The summed E-state index contributed by atoms with van der Waals surface area (Å²) in [6.07, 6.45) is -0.289. The Morgan fingerprint density at radius 3 is 2.17 bits per heavy atom. The van der Waals surface area contributed by atoms with E-state index in [2.05, 4.69) is 5.32 Å². The largest absolute Gasteiger partial charge is 0.463 e. The van der Waals surface area contributed by atoms with Crippen molar-refractivity contribution in [3.63, 3.8) is 0 Å². The number of hydroxylamine groups is 1. The zero-order valence-corrected chi connectivity index (χ0v) is 18.2. The van der Waals surface area contributed by atoms with Crippen LogP contribution < -0.4 is 5.32 Å². The molecule has 0 aliphatic heterocycles. The van der Waals surface area contributed by atoms with E-state index in [4.69, 9.17) is 9.57 Å². The minimum absolute atomic E-state index is 0.0106. The number of hydrogen-bond donors (Lipinski definition) is 1. The quantitative estimate of drug-likeness (QED) is 0.481. The van der Waals surface area contributed by atoms with Crippen LogP contribution in [-0.4, -0.2) is 45.0 Å². The minimum Gasteiger partial charge on any atom is -0.463 e. The molecule has 2 aromatic carbocycles. The topological polar surface area (TPSA) is 102 Å². The molecule has 1 atom stereocenters. The molecule has 0 saturated heterocycles. The summed E-state index contributed by atoms with van der Waals surface area (Å²) in [5, 5.41) is 2.82. The van der Waals surface area contributed by atoms with Crippen LogP contribution in [0.5, 0.6) is 0 Å². The second kappa shape index (κ2) is 10.3. The first kappa shape index (κ1) is 23.5. The van der Waals surface area contributed by atoms with Crippen molar-refractivity contribution in [1.82, 2.24) is 9.79 Å². The van der Waals surface area contributed by atoms with Crippen molar-refractivity contribution in [2.75, 3.05) is 14.2 Å². The summed E-state index contributed by atoms with van der Waals surface area (Å²) in [6, 6.07) is 13.9. The molecular formula is C21H26N2O6S. The van der Waals surface area contributed by atoms with Crippen LogP contribution in [0.2, 0.25) is 0 Å². The molecule has 0 aliphatic carbocycles. The lowest BCUT2D eigenvalue weighted by Crippen LogP contribution is -2.31. The summed E-state index contributed by atoms with van der Waals surface area (Å²) in [5.41, 5.74) is 1.01. The Balaban J connectivity index is 2.20. The van der Waals surface area contributed by atoms with Gasteiger partial charge in [-0.25, -0.2) is 8.42 Å². The van der Waals surface area contributed by atoms with Crippen LogP contribution >= 0.6 is 0 Å². The van der Waals surface area contributed by atoms with Crippen molar-refractivity contribution < 1.29 is 27.6 Å². The van der Waals surface area contributed by atoms with Gasteiger partial charge in [-0.2, -0.15) is 0 Å². The predicted molar refractivity (Wildman–Crippen MR) is 111 cm³/mol. The average Bonchev–Trinajstić information content (AvgIpc) is 2.72. The number of nitrogens with one attached hydrogen (secondary N) is 1. The molecule has 0 heterocycles. The van der Waals surface area contributed by atoms with Crippen LogP contribution in [0.4, 0.5) is 0 Å². The van der Waals surface area contributed by atoms with E-state index in [1.807, 2.05) is 30.3 Å². The van der Waals surface area contributed by atoms with Crippen molar-refractivity contribution in [3.8, 4) is 0 Å². The number of ether oxygens (including phenoxy) is 1. The van der Waals surface area contributed by atoms with Gasteiger partial charge in [0.1, 0.15) is 0 Å². The molecule has 1 unspecified atom stereocenters. The normalized spacial score (nSPS) is 12.6. The molecule has 0 bridgehead atoms. The van der Waals surface area contributed by atoms with Crippen molar-refractivity contribution in [1.29, 1.82) is 0 Å². The Bertz CT molecular complexity index is 959. The van der Waals surface area contributed by atoms with E-state index in [-0.39, 0.29) is 23.0 Å². The molecule has 162 valence electrons. The molecule has 2 rings (SSSR count). The second-order valence-corrected chi connectivity index (χ2v) is 8.74. The van der Waals surface area contributed by atoms with E-state index in [0.29, 0.717) is 0 Å². The lowest BCUT2D eigenvalue weighted by Gasteiger charge is -2.20. The first-order chi connectivity index (χ1) is 14.1. The summed E-state index contributed by atoms with van der Waals surface area (Å²) < 4.78 is 30.5. The van der Waals surface area contributed by atoms with Crippen LogP contribution in [-0.2, 0) is 24.4 Å². The highest BCUT2D eigenvalue weighted by Gasteiger charge is 2.23. The van der Waals surface area contributed by atoms with Gasteiger partial charge in [-0.1, -0.05) is 34.8 Å². The number of benzene rings is 2. The maximum absolute atomic E-state index is 12.7. The first-order valence-electron chi connectivity index (χ1n) is 9.33. The van der Waals surface area contributed by atoms with Crippen LogP contribution in [0.15, 0.2) is 59.5 Å². The molecule has 8 nitrogen and oxygen atoms in total. The van der Waals surface area contributed by atoms with E-state index in [9.17, 15) is 18.0 Å². The summed E-state index contributed by atoms with van der Waals surface area (Å²) in [4.78, 5) is 29.6. The minimum atomic E-state index is -3.81. The lowest BCUT2D eigenvalue weighted by molar-refractivity contribution is -0.147. The van der Waals surface area contributed by atoms with Gasteiger partial charge in [0.2, 0.25) is 0 Å². The average molecular weight is 435 g/mol. The van der Waals surface area contributed by atoms with E-state index in [0.717, 1.165) is 10.0 Å². The molecule has 0 saturated carbocycles. The van der Waals surface area contributed by atoms with Crippen LogP contribution in [0.1, 0.15) is 42.2 Å². The van der Waals surface area contributed by atoms with Gasteiger partial charge in [0.05, 0.1) is 30.6 Å².